The minimum Gasteiger partial charge on any atom is -0.494 e. The van der Waals surface area contributed by atoms with Gasteiger partial charge in [-0.1, -0.05) is 15.9 Å². The maximum absolute atomic E-state index is 9.01. The Labute approximate surface area is 85.6 Å². The van der Waals surface area contributed by atoms with Gasteiger partial charge in [-0.3, -0.25) is 0 Å². The first-order valence-electron chi connectivity index (χ1n) is 3.93. The highest BCUT2D eigenvalue weighted by Gasteiger charge is 2.16. The lowest BCUT2D eigenvalue weighted by Gasteiger charge is -2.09. The van der Waals surface area contributed by atoms with Gasteiger partial charge in [0.15, 0.2) is 0 Å². The van der Waals surface area contributed by atoms with E-state index in [0.717, 1.165) is 4.47 Å². The van der Waals surface area contributed by atoms with Gasteiger partial charge in [0.1, 0.15) is 5.75 Å². The molecule has 1 rings (SSSR count). The monoisotopic (exact) mass is 244 g/mol. The standard InChI is InChI=1S/C8H10BBrO3/c1-2-13-8-4-3-6(10)5-7(8)9(11)12/h3-5,11-12H,2H2,1H3. The quantitative estimate of drug-likeness (QED) is 0.763. The summed E-state index contributed by atoms with van der Waals surface area (Å²) >= 11 is 3.24. The second-order valence-electron chi connectivity index (χ2n) is 2.49. The number of rotatable bonds is 3. The van der Waals surface area contributed by atoms with E-state index in [1.165, 1.54) is 0 Å². The lowest BCUT2D eigenvalue weighted by molar-refractivity contribution is 0.340. The minimum absolute atomic E-state index is 0.372. The molecule has 0 unspecified atom stereocenters. The topological polar surface area (TPSA) is 49.7 Å². The van der Waals surface area contributed by atoms with E-state index in [-0.39, 0.29) is 0 Å². The van der Waals surface area contributed by atoms with Crippen LogP contribution in [0, 0.1) is 0 Å². The van der Waals surface area contributed by atoms with Gasteiger partial charge in [-0.05, 0) is 25.1 Å². The van der Waals surface area contributed by atoms with Gasteiger partial charge in [-0.2, -0.15) is 0 Å². The van der Waals surface area contributed by atoms with Crippen molar-refractivity contribution in [3.05, 3.63) is 22.7 Å². The van der Waals surface area contributed by atoms with Crippen LogP contribution in [0.4, 0.5) is 0 Å². The molecule has 0 saturated carbocycles. The van der Waals surface area contributed by atoms with Crippen LogP contribution < -0.4 is 10.2 Å². The second-order valence-corrected chi connectivity index (χ2v) is 3.40. The van der Waals surface area contributed by atoms with E-state index in [1.807, 2.05) is 6.92 Å². The molecular formula is C8H10BBrO3. The van der Waals surface area contributed by atoms with Crippen LogP contribution in [-0.4, -0.2) is 23.8 Å². The molecule has 0 radical (unpaired) electrons. The van der Waals surface area contributed by atoms with Crippen LogP contribution in [0.5, 0.6) is 5.75 Å². The average Bonchev–Trinajstić information content (AvgIpc) is 2.08. The molecule has 2 N–H and O–H groups in total. The summed E-state index contributed by atoms with van der Waals surface area (Å²) in [7, 11) is -1.50. The van der Waals surface area contributed by atoms with Gasteiger partial charge in [-0.25, -0.2) is 0 Å². The molecule has 1 aromatic rings. The summed E-state index contributed by atoms with van der Waals surface area (Å²) in [6.07, 6.45) is 0. The molecular weight excluding hydrogens is 235 g/mol. The molecule has 0 atom stereocenters. The average molecular weight is 245 g/mol. The van der Waals surface area contributed by atoms with E-state index >= 15 is 0 Å². The molecule has 0 aliphatic rings. The summed E-state index contributed by atoms with van der Waals surface area (Å²) in [5.41, 5.74) is 0.372. The Balaban J connectivity index is 3.03. The molecule has 3 nitrogen and oxygen atoms in total. The van der Waals surface area contributed by atoms with Crippen molar-refractivity contribution >= 4 is 28.5 Å². The predicted octanol–water partition coefficient (Wildman–Crippen LogP) is 0.528. The zero-order valence-electron chi connectivity index (χ0n) is 7.20. The third-order valence-corrected chi connectivity index (χ3v) is 2.04. The van der Waals surface area contributed by atoms with E-state index in [4.69, 9.17) is 14.8 Å². The molecule has 0 spiro atoms. The molecule has 0 amide bonds. The van der Waals surface area contributed by atoms with Gasteiger partial charge >= 0.3 is 7.12 Å². The van der Waals surface area contributed by atoms with Crippen molar-refractivity contribution in [3.63, 3.8) is 0 Å². The van der Waals surface area contributed by atoms with E-state index in [0.29, 0.717) is 17.8 Å². The summed E-state index contributed by atoms with van der Waals surface area (Å²) in [6, 6.07) is 5.11. The van der Waals surface area contributed by atoms with Gasteiger partial charge in [0.2, 0.25) is 0 Å². The Morgan fingerprint density at radius 3 is 2.69 bits per heavy atom. The molecule has 1 aromatic carbocycles. The minimum atomic E-state index is -1.50. The molecule has 0 aliphatic heterocycles. The van der Waals surface area contributed by atoms with Gasteiger partial charge < -0.3 is 14.8 Å². The van der Waals surface area contributed by atoms with Crippen LogP contribution in [0.1, 0.15) is 6.92 Å². The fourth-order valence-corrected chi connectivity index (χ4v) is 1.39. The first kappa shape index (κ1) is 10.6. The smallest absolute Gasteiger partial charge is 0.492 e. The Morgan fingerprint density at radius 2 is 2.15 bits per heavy atom. The molecule has 0 bridgehead atoms. The van der Waals surface area contributed by atoms with Crippen molar-refractivity contribution in [2.24, 2.45) is 0 Å². The summed E-state index contributed by atoms with van der Waals surface area (Å²) in [5, 5.41) is 18.0. The summed E-state index contributed by atoms with van der Waals surface area (Å²) in [4.78, 5) is 0. The normalized spacial score (nSPS) is 9.85. The van der Waals surface area contributed by atoms with Gasteiger partial charge in [-0.15, -0.1) is 0 Å². The predicted molar refractivity (Wildman–Crippen MR) is 55.1 cm³/mol. The van der Waals surface area contributed by atoms with Crippen LogP contribution in [0.15, 0.2) is 22.7 Å². The second kappa shape index (κ2) is 4.65. The Morgan fingerprint density at radius 1 is 1.46 bits per heavy atom. The number of halogens is 1. The molecule has 13 heavy (non-hydrogen) atoms. The molecule has 70 valence electrons. The lowest BCUT2D eigenvalue weighted by atomic mass is 9.79. The van der Waals surface area contributed by atoms with Crippen LogP contribution in [0.25, 0.3) is 0 Å². The van der Waals surface area contributed by atoms with Gasteiger partial charge in [0.05, 0.1) is 6.61 Å². The van der Waals surface area contributed by atoms with Crippen LogP contribution in [-0.2, 0) is 0 Å². The van der Waals surface area contributed by atoms with Crippen LogP contribution in [0.2, 0.25) is 0 Å². The van der Waals surface area contributed by atoms with Crippen LogP contribution in [0.3, 0.4) is 0 Å². The van der Waals surface area contributed by atoms with Gasteiger partial charge in [0, 0.05) is 9.94 Å². The number of ether oxygens (including phenoxy) is 1. The number of hydrogen-bond acceptors (Lipinski definition) is 3. The number of benzene rings is 1. The maximum Gasteiger partial charge on any atom is 0.492 e. The highest BCUT2D eigenvalue weighted by molar-refractivity contribution is 9.10. The third-order valence-electron chi connectivity index (χ3n) is 1.55. The van der Waals surface area contributed by atoms with Crippen molar-refractivity contribution in [2.75, 3.05) is 6.61 Å². The molecule has 0 aliphatic carbocycles. The SMILES string of the molecule is CCOc1ccc(Br)cc1B(O)O. The molecule has 5 heteroatoms. The van der Waals surface area contributed by atoms with E-state index in [2.05, 4.69) is 15.9 Å². The molecule has 0 heterocycles. The van der Waals surface area contributed by atoms with E-state index in [1.54, 1.807) is 18.2 Å². The molecule has 0 fully saturated rings. The van der Waals surface area contributed by atoms with Crippen molar-refractivity contribution in [2.45, 2.75) is 6.92 Å². The summed E-state index contributed by atoms with van der Waals surface area (Å²) < 4.78 is 6.00. The fourth-order valence-electron chi connectivity index (χ4n) is 1.01. The Kier molecular flexibility index (Phi) is 3.78. The Hall–Kier alpha value is -0.515. The largest absolute Gasteiger partial charge is 0.494 e. The lowest BCUT2D eigenvalue weighted by Crippen LogP contribution is -2.31. The highest BCUT2D eigenvalue weighted by atomic mass is 79.9. The highest BCUT2D eigenvalue weighted by Crippen LogP contribution is 2.14. The fraction of sp³-hybridized carbons (Fsp3) is 0.250. The Bertz CT molecular complexity index is 291. The maximum atomic E-state index is 9.01. The van der Waals surface area contributed by atoms with Crippen LogP contribution >= 0.6 is 15.9 Å². The molecule has 0 saturated heterocycles. The van der Waals surface area contributed by atoms with Gasteiger partial charge in [0.25, 0.3) is 0 Å². The zero-order valence-corrected chi connectivity index (χ0v) is 8.78. The number of hydrogen-bond donors (Lipinski definition) is 2. The summed E-state index contributed by atoms with van der Waals surface area (Å²) in [5.74, 6) is 0.501. The van der Waals surface area contributed by atoms with E-state index in [9.17, 15) is 0 Å². The van der Waals surface area contributed by atoms with Crippen molar-refractivity contribution in [1.82, 2.24) is 0 Å². The summed E-state index contributed by atoms with van der Waals surface area (Å²) in [6.45, 7) is 2.34. The third kappa shape index (κ3) is 2.72. The first-order valence-corrected chi connectivity index (χ1v) is 4.72. The van der Waals surface area contributed by atoms with Crippen molar-refractivity contribution in [1.29, 1.82) is 0 Å². The van der Waals surface area contributed by atoms with E-state index < -0.39 is 7.12 Å². The zero-order chi connectivity index (χ0) is 9.84. The van der Waals surface area contributed by atoms with Crippen molar-refractivity contribution in [3.8, 4) is 5.75 Å². The van der Waals surface area contributed by atoms with Crippen molar-refractivity contribution < 1.29 is 14.8 Å². The molecule has 0 aromatic heterocycles. The first-order chi connectivity index (χ1) is 6.15.